The third-order valence-electron chi connectivity index (χ3n) is 4.06. The zero-order chi connectivity index (χ0) is 16.5. The standard InChI is InChI=1S/C21H17N3/c1-14-7-9-16(10-8-14)21-20(15-5-3-2-4-6-15)23-18-12-11-17(22)13-19(18)24-21/h2-13H,22H2,1H3. The van der Waals surface area contributed by atoms with Crippen LogP contribution in [0.2, 0.25) is 0 Å². The second-order valence-electron chi connectivity index (χ2n) is 5.90. The highest BCUT2D eigenvalue weighted by molar-refractivity contribution is 5.87. The first kappa shape index (κ1) is 14.4. The van der Waals surface area contributed by atoms with Crippen molar-refractivity contribution in [1.82, 2.24) is 9.97 Å². The molecule has 3 heteroatoms. The first-order valence-electron chi connectivity index (χ1n) is 7.90. The van der Waals surface area contributed by atoms with Gasteiger partial charge in [-0.1, -0.05) is 60.2 Å². The first-order chi connectivity index (χ1) is 11.7. The zero-order valence-corrected chi connectivity index (χ0v) is 13.4. The number of nitrogens with zero attached hydrogens (tertiary/aromatic N) is 2. The molecule has 3 aromatic carbocycles. The summed E-state index contributed by atoms with van der Waals surface area (Å²) in [5.41, 5.74) is 13.4. The van der Waals surface area contributed by atoms with Crippen molar-refractivity contribution < 1.29 is 0 Å². The van der Waals surface area contributed by atoms with Crippen molar-refractivity contribution in [2.75, 3.05) is 5.73 Å². The van der Waals surface area contributed by atoms with Crippen LogP contribution in [0.25, 0.3) is 33.5 Å². The van der Waals surface area contributed by atoms with E-state index >= 15 is 0 Å². The lowest BCUT2D eigenvalue weighted by Crippen LogP contribution is -1.96. The molecular weight excluding hydrogens is 294 g/mol. The van der Waals surface area contributed by atoms with E-state index < -0.39 is 0 Å². The van der Waals surface area contributed by atoms with E-state index in [1.807, 2.05) is 36.4 Å². The topological polar surface area (TPSA) is 51.8 Å². The summed E-state index contributed by atoms with van der Waals surface area (Å²) in [7, 11) is 0. The number of rotatable bonds is 2. The van der Waals surface area contributed by atoms with Gasteiger partial charge in [-0.3, -0.25) is 0 Å². The van der Waals surface area contributed by atoms with Crippen LogP contribution in [0.15, 0.2) is 72.8 Å². The van der Waals surface area contributed by atoms with Gasteiger partial charge in [0.05, 0.1) is 22.4 Å². The van der Waals surface area contributed by atoms with Gasteiger partial charge in [0.15, 0.2) is 0 Å². The number of anilines is 1. The minimum atomic E-state index is 0.694. The summed E-state index contributed by atoms with van der Waals surface area (Å²) >= 11 is 0. The monoisotopic (exact) mass is 311 g/mol. The van der Waals surface area contributed by atoms with Crippen LogP contribution in [0.4, 0.5) is 5.69 Å². The smallest absolute Gasteiger partial charge is 0.0973 e. The summed E-state index contributed by atoms with van der Waals surface area (Å²) in [6.45, 7) is 2.08. The first-order valence-corrected chi connectivity index (χ1v) is 7.90. The maximum absolute atomic E-state index is 5.91. The van der Waals surface area contributed by atoms with Gasteiger partial charge in [0.2, 0.25) is 0 Å². The molecule has 0 atom stereocenters. The highest BCUT2D eigenvalue weighted by Gasteiger charge is 2.13. The highest BCUT2D eigenvalue weighted by Crippen LogP contribution is 2.31. The van der Waals surface area contributed by atoms with Crippen molar-refractivity contribution in [1.29, 1.82) is 0 Å². The molecule has 0 saturated heterocycles. The van der Waals surface area contributed by atoms with Crippen LogP contribution in [0.3, 0.4) is 0 Å². The van der Waals surface area contributed by atoms with E-state index in [2.05, 4.69) is 43.3 Å². The van der Waals surface area contributed by atoms with Gasteiger partial charge in [-0.05, 0) is 25.1 Å². The molecule has 24 heavy (non-hydrogen) atoms. The molecule has 0 aliphatic heterocycles. The molecule has 116 valence electrons. The molecule has 2 N–H and O–H groups in total. The van der Waals surface area contributed by atoms with E-state index in [4.69, 9.17) is 15.7 Å². The number of hydrogen-bond donors (Lipinski definition) is 1. The molecule has 3 nitrogen and oxygen atoms in total. The molecule has 0 spiro atoms. The van der Waals surface area contributed by atoms with E-state index in [0.29, 0.717) is 5.69 Å². The Morgan fingerprint density at radius 1 is 0.667 bits per heavy atom. The van der Waals surface area contributed by atoms with Crippen LogP contribution in [0.5, 0.6) is 0 Å². The second kappa shape index (κ2) is 5.78. The van der Waals surface area contributed by atoms with E-state index in [0.717, 1.165) is 33.5 Å². The highest BCUT2D eigenvalue weighted by atomic mass is 14.8. The van der Waals surface area contributed by atoms with E-state index in [9.17, 15) is 0 Å². The lowest BCUT2D eigenvalue weighted by atomic mass is 10.0. The number of benzene rings is 3. The van der Waals surface area contributed by atoms with Gasteiger partial charge in [0.25, 0.3) is 0 Å². The van der Waals surface area contributed by atoms with Gasteiger partial charge in [-0.25, -0.2) is 9.97 Å². The van der Waals surface area contributed by atoms with Crippen molar-refractivity contribution in [3.05, 3.63) is 78.4 Å². The molecule has 0 bridgehead atoms. The zero-order valence-electron chi connectivity index (χ0n) is 13.4. The third kappa shape index (κ3) is 2.61. The van der Waals surface area contributed by atoms with Crippen molar-refractivity contribution >= 4 is 16.7 Å². The van der Waals surface area contributed by atoms with Gasteiger partial charge >= 0.3 is 0 Å². The molecule has 0 aliphatic carbocycles. The predicted octanol–water partition coefficient (Wildman–Crippen LogP) is 4.85. The fourth-order valence-electron chi connectivity index (χ4n) is 2.78. The van der Waals surface area contributed by atoms with Crippen molar-refractivity contribution in [2.45, 2.75) is 6.92 Å². The van der Waals surface area contributed by atoms with Crippen LogP contribution in [0.1, 0.15) is 5.56 Å². The van der Waals surface area contributed by atoms with Crippen molar-refractivity contribution in [3.8, 4) is 22.5 Å². The fraction of sp³-hybridized carbons (Fsp3) is 0.0476. The maximum Gasteiger partial charge on any atom is 0.0973 e. The van der Waals surface area contributed by atoms with E-state index in [-0.39, 0.29) is 0 Å². The fourth-order valence-corrected chi connectivity index (χ4v) is 2.78. The molecule has 4 rings (SSSR count). The van der Waals surface area contributed by atoms with Crippen molar-refractivity contribution in [2.24, 2.45) is 0 Å². The predicted molar refractivity (Wildman–Crippen MR) is 99.6 cm³/mol. The Kier molecular flexibility index (Phi) is 3.47. The summed E-state index contributed by atoms with van der Waals surface area (Å²) in [6, 6.07) is 24.2. The Hall–Kier alpha value is -3.20. The molecule has 0 unspecified atom stereocenters. The average Bonchev–Trinajstić information content (AvgIpc) is 2.62. The van der Waals surface area contributed by atoms with Crippen molar-refractivity contribution in [3.63, 3.8) is 0 Å². The molecule has 4 aromatic rings. The van der Waals surface area contributed by atoms with Crippen LogP contribution in [-0.4, -0.2) is 9.97 Å². The number of nitrogen functional groups attached to an aromatic ring is 1. The minimum absolute atomic E-state index is 0.694. The summed E-state index contributed by atoms with van der Waals surface area (Å²) in [4.78, 5) is 9.74. The van der Waals surface area contributed by atoms with Gasteiger partial charge in [0.1, 0.15) is 0 Å². The SMILES string of the molecule is Cc1ccc(-c2nc3cc(N)ccc3nc2-c2ccccc2)cc1. The maximum atomic E-state index is 5.91. The average molecular weight is 311 g/mol. The number of aromatic nitrogens is 2. The van der Waals surface area contributed by atoms with Crippen LogP contribution in [0, 0.1) is 6.92 Å². The quantitative estimate of drug-likeness (QED) is 0.538. The summed E-state index contributed by atoms with van der Waals surface area (Å²) < 4.78 is 0. The lowest BCUT2D eigenvalue weighted by Gasteiger charge is -2.11. The van der Waals surface area contributed by atoms with Gasteiger partial charge in [0, 0.05) is 16.8 Å². The Balaban J connectivity index is 2.02. The largest absolute Gasteiger partial charge is 0.399 e. The Labute approximate surface area is 140 Å². The minimum Gasteiger partial charge on any atom is -0.399 e. The molecule has 0 radical (unpaired) electrons. The molecule has 0 saturated carbocycles. The van der Waals surface area contributed by atoms with Gasteiger partial charge in [-0.15, -0.1) is 0 Å². The molecule has 1 heterocycles. The van der Waals surface area contributed by atoms with Crippen LogP contribution < -0.4 is 5.73 Å². The molecule has 0 aliphatic rings. The summed E-state index contributed by atoms with van der Waals surface area (Å²) in [5.74, 6) is 0. The second-order valence-corrected chi connectivity index (χ2v) is 5.90. The molecule has 0 fully saturated rings. The Morgan fingerprint density at radius 2 is 1.29 bits per heavy atom. The van der Waals surface area contributed by atoms with E-state index in [1.165, 1.54) is 5.56 Å². The lowest BCUT2D eigenvalue weighted by molar-refractivity contribution is 1.29. The molecule has 1 aromatic heterocycles. The van der Waals surface area contributed by atoms with Crippen LogP contribution in [-0.2, 0) is 0 Å². The van der Waals surface area contributed by atoms with E-state index in [1.54, 1.807) is 0 Å². The Morgan fingerprint density at radius 3 is 2.00 bits per heavy atom. The number of fused-ring (bicyclic) bond motifs is 1. The number of aryl methyl sites for hydroxylation is 1. The Bertz CT molecular complexity index is 1010. The van der Waals surface area contributed by atoms with Gasteiger partial charge < -0.3 is 5.73 Å². The number of nitrogens with two attached hydrogens (primary N) is 1. The van der Waals surface area contributed by atoms with Gasteiger partial charge in [-0.2, -0.15) is 0 Å². The number of hydrogen-bond acceptors (Lipinski definition) is 3. The van der Waals surface area contributed by atoms with Crippen LogP contribution >= 0.6 is 0 Å². The third-order valence-corrected chi connectivity index (χ3v) is 4.06. The molecular formula is C21H17N3. The molecule has 0 amide bonds. The summed E-state index contributed by atoms with van der Waals surface area (Å²) in [5, 5.41) is 0. The summed E-state index contributed by atoms with van der Waals surface area (Å²) in [6.07, 6.45) is 0. The normalized spacial score (nSPS) is 10.9.